The molecule has 2 N–H and O–H groups in total. The van der Waals surface area contributed by atoms with Crippen LogP contribution in [0.15, 0.2) is 0 Å². The van der Waals surface area contributed by atoms with Crippen molar-refractivity contribution in [1.82, 2.24) is 0 Å². The summed E-state index contributed by atoms with van der Waals surface area (Å²) in [5.74, 6) is -0.0470. The lowest BCUT2D eigenvalue weighted by Gasteiger charge is -2.02. The minimum absolute atomic E-state index is 0. The first-order chi connectivity index (χ1) is 8.31. The van der Waals surface area contributed by atoms with Crippen LogP contribution in [0.3, 0.4) is 0 Å². The first-order valence-corrected chi connectivity index (χ1v) is 7.17. The predicted molar refractivity (Wildman–Crippen MR) is 79.1 cm³/mol. The normalized spacial score (nSPS) is 9.89. The highest BCUT2D eigenvalue weighted by Crippen LogP contribution is 2.10. The van der Waals surface area contributed by atoms with Crippen LogP contribution in [0.25, 0.3) is 0 Å². The van der Waals surface area contributed by atoms with Gasteiger partial charge in [-0.25, -0.2) is 0 Å². The molecule has 0 aromatic heterocycles. The molecule has 4 heteroatoms. The van der Waals surface area contributed by atoms with Gasteiger partial charge in [0, 0.05) is 6.42 Å². The zero-order valence-corrected chi connectivity index (χ0v) is 12.6. The van der Waals surface area contributed by atoms with Gasteiger partial charge in [-0.05, 0) is 26.3 Å². The van der Waals surface area contributed by atoms with Crippen molar-refractivity contribution in [1.29, 1.82) is 0 Å². The van der Waals surface area contributed by atoms with Crippen LogP contribution in [0, 0.1) is 0 Å². The standard InChI is InChI=1S/C14H29NO2.ClH/c1-2-17-14(16)12-10-8-6-4-3-5-7-9-11-13-15;/h2-13,15H2,1H3;1H. The Labute approximate surface area is 118 Å². The van der Waals surface area contributed by atoms with E-state index in [4.69, 9.17) is 10.5 Å². The van der Waals surface area contributed by atoms with Crippen molar-refractivity contribution in [3.8, 4) is 0 Å². The van der Waals surface area contributed by atoms with E-state index in [9.17, 15) is 4.79 Å². The highest BCUT2D eigenvalue weighted by atomic mass is 35.5. The van der Waals surface area contributed by atoms with Gasteiger partial charge in [-0.15, -0.1) is 12.4 Å². The molecule has 0 saturated heterocycles. The van der Waals surface area contributed by atoms with E-state index in [1.165, 1.54) is 44.9 Å². The summed E-state index contributed by atoms with van der Waals surface area (Å²) < 4.78 is 4.88. The fourth-order valence-electron chi connectivity index (χ4n) is 1.88. The summed E-state index contributed by atoms with van der Waals surface area (Å²) >= 11 is 0. The van der Waals surface area contributed by atoms with Gasteiger partial charge in [-0.2, -0.15) is 0 Å². The Morgan fingerprint density at radius 3 is 1.78 bits per heavy atom. The lowest BCUT2D eigenvalue weighted by molar-refractivity contribution is -0.143. The molecule has 0 aromatic rings. The number of rotatable bonds is 12. The zero-order valence-electron chi connectivity index (χ0n) is 11.8. The van der Waals surface area contributed by atoms with Crippen LogP contribution < -0.4 is 5.73 Å². The number of halogens is 1. The fraction of sp³-hybridized carbons (Fsp3) is 0.929. The highest BCUT2D eigenvalue weighted by molar-refractivity contribution is 5.85. The maximum atomic E-state index is 11.0. The van der Waals surface area contributed by atoms with Crippen LogP contribution >= 0.6 is 12.4 Å². The largest absolute Gasteiger partial charge is 0.466 e. The second-order valence-electron chi connectivity index (χ2n) is 4.53. The Balaban J connectivity index is 0. The van der Waals surface area contributed by atoms with Crippen molar-refractivity contribution >= 4 is 18.4 Å². The summed E-state index contributed by atoms with van der Waals surface area (Å²) in [7, 11) is 0. The summed E-state index contributed by atoms with van der Waals surface area (Å²) in [5.41, 5.74) is 5.43. The van der Waals surface area contributed by atoms with E-state index in [1.54, 1.807) is 0 Å². The third kappa shape index (κ3) is 15.7. The van der Waals surface area contributed by atoms with E-state index in [2.05, 4.69) is 0 Å². The molecule has 110 valence electrons. The maximum absolute atomic E-state index is 11.0. The average Bonchev–Trinajstić information content (AvgIpc) is 2.32. The molecular formula is C14H30ClNO2. The van der Waals surface area contributed by atoms with E-state index >= 15 is 0 Å². The fourth-order valence-corrected chi connectivity index (χ4v) is 1.88. The minimum Gasteiger partial charge on any atom is -0.466 e. The number of carbonyl (C=O) groups is 1. The molecule has 0 aromatic carbocycles. The smallest absolute Gasteiger partial charge is 0.305 e. The number of hydrogen-bond acceptors (Lipinski definition) is 3. The van der Waals surface area contributed by atoms with Gasteiger partial charge in [0.25, 0.3) is 0 Å². The Kier molecular flexibility index (Phi) is 18.6. The lowest BCUT2D eigenvalue weighted by Crippen LogP contribution is -2.03. The zero-order chi connectivity index (χ0) is 12.8. The molecule has 0 heterocycles. The van der Waals surface area contributed by atoms with Crippen LogP contribution in [0.4, 0.5) is 0 Å². The third-order valence-corrected chi connectivity index (χ3v) is 2.89. The van der Waals surface area contributed by atoms with E-state index in [1.807, 2.05) is 6.92 Å². The van der Waals surface area contributed by atoms with Crippen molar-refractivity contribution in [2.75, 3.05) is 13.2 Å². The van der Waals surface area contributed by atoms with Gasteiger partial charge in [0.15, 0.2) is 0 Å². The van der Waals surface area contributed by atoms with E-state index in [-0.39, 0.29) is 18.4 Å². The second kappa shape index (κ2) is 16.7. The molecular weight excluding hydrogens is 250 g/mol. The van der Waals surface area contributed by atoms with Crippen molar-refractivity contribution in [3.05, 3.63) is 0 Å². The van der Waals surface area contributed by atoms with Crippen LogP contribution in [-0.4, -0.2) is 19.1 Å². The first-order valence-electron chi connectivity index (χ1n) is 7.17. The lowest BCUT2D eigenvalue weighted by atomic mass is 10.1. The molecule has 0 bridgehead atoms. The molecule has 0 aliphatic rings. The van der Waals surface area contributed by atoms with E-state index in [0.29, 0.717) is 13.0 Å². The maximum Gasteiger partial charge on any atom is 0.305 e. The first kappa shape index (κ1) is 20.0. The average molecular weight is 280 g/mol. The molecule has 0 unspecified atom stereocenters. The molecule has 0 spiro atoms. The molecule has 0 rings (SSSR count). The number of carbonyl (C=O) groups excluding carboxylic acids is 1. The summed E-state index contributed by atoms with van der Waals surface area (Å²) in [6, 6.07) is 0. The second-order valence-corrected chi connectivity index (χ2v) is 4.53. The monoisotopic (exact) mass is 279 g/mol. The molecule has 0 radical (unpaired) electrons. The number of hydrogen-bond donors (Lipinski definition) is 1. The van der Waals surface area contributed by atoms with Gasteiger partial charge in [0.1, 0.15) is 0 Å². The topological polar surface area (TPSA) is 52.3 Å². The summed E-state index contributed by atoms with van der Waals surface area (Å²) in [5, 5.41) is 0. The van der Waals surface area contributed by atoms with Crippen molar-refractivity contribution in [2.45, 2.75) is 71.1 Å². The molecule has 18 heavy (non-hydrogen) atoms. The molecule has 0 saturated carbocycles. The number of esters is 1. The summed E-state index contributed by atoms with van der Waals surface area (Å²) in [6.45, 7) is 3.18. The Bertz CT molecular complexity index is 177. The van der Waals surface area contributed by atoms with E-state index in [0.717, 1.165) is 19.4 Å². The number of nitrogens with two attached hydrogens (primary N) is 1. The van der Waals surface area contributed by atoms with Crippen LogP contribution in [-0.2, 0) is 9.53 Å². The highest BCUT2D eigenvalue weighted by Gasteiger charge is 2.00. The molecule has 0 fully saturated rings. The summed E-state index contributed by atoms with van der Waals surface area (Å²) in [4.78, 5) is 11.0. The van der Waals surface area contributed by atoms with Gasteiger partial charge in [-0.3, -0.25) is 4.79 Å². The van der Waals surface area contributed by atoms with Gasteiger partial charge in [-0.1, -0.05) is 44.9 Å². The Morgan fingerprint density at radius 2 is 1.33 bits per heavy atom. The Hall–Kier alpha value is -0.280. The number of unbranched alkanes of at least 4 members (excludes halogenated alkanes) is 8. The van der Waals surface area contributed by atoms with Crippen molar-refractivity contribution < 1.29 is 9.53 Å². The van der Waals surface area contributed by atoms with Gasteiger partial charge < -0.3 is 10.5 Å². The third-order valence-electron chi connectivity index (χ3n) is 2.89. The van der Waals surface area contributed by atoms with Gasteiger partial charge >= 0.3 is 5.97 Å². The van der Waals surface area contributed by atoms with Gasteiger partial charge in [0.05, 0.1) is 6.61 Å². The molecule has 0 aliphatic carbocycles. The molecule has 0 amide bonds. The SMILES string of the molecule is CCOC(=O)CCCCCCCCCCCN.Cl. The molecule has 0 aliphatic heterocycles. The summed E-state index contributed by atoms with van der Waals surface area (Å²) in [6.07, 6.45) is 11.7. The van der Waals surface area contributed by atoms with Crippen molar-refractivity contribution in [3.63, 3.8) is 0 Å². The van der Waals surface area contributed by atoms with Crippen LogP contribution in [0.2, 0.25) is 0 Å². The van der Waals surface area contributed by atoms with Gasteiger partial charge in [0.2, 0.25) is 0 Å². The van der Waals surface area contributed by atoms with Crippen molar-refractivity contribution in [2.24, 2.45) is 5.73 Å². The van der Waals surface area contributed by atoms with Crippen LogP contribution in [0.5, 0.6) is 0 Å². The predicted octanol–water partition coefficient (Wildman–Crippen LogP) is 3.83. The number of ether oxygens (including phenoxy) is 1. The van der Waals surface area contributed by atoms with E-state index < -0.39 is 0 Å². The Morgan fingerprint density at radius 1 is 0.889 bits per heavy atom. The van der Waals surface area contributed by atoms with Crippen LogP contribution in [0.1, 0.15) is 71.1 Å². The molecule has 0 atom stereocenters. The molecule has 3 nitrogen and oxygen atoms in total. The minimum atomic E-state index is -0.0470. The quantitative estimate of drug-likeness (QED) is 0.436.